The number of carbonyl (C=O) groups is 2. The number of ether oxygens (including phenoxy) is 2. The lowest BCUT2D eigenvalue weighted by atomic mass is 10.1. The lowest BCUT2D eigenvalue weighted by Gasteiger charge is -2.25. The minimum atomic E-state index is -0.697. The molecule has 0 fully saturated rings. The lowest BCUT2D eigenvalue weighted by Crippen LogP contribution is -2.40. The van der Waals surface area contributed by atoms with Gasteiger partial charge in [0, 0.05) is 24.7 Å². The van der Waals surface area contributed by atoms with E-state index in [0.717, 1.165) is 12.0 Å². The standard InChI is InChI=1S/C20H29NO5/c1-5-12-26-18-9-7-6-8-17(18)10-11-19(23)21(14-16(3)22)13-15(2)20(24)25-4/h6-11,15-16,22H,5,12-14H2,1-4H3/b11-10+. The number of para-hydroxylation sites is 1. The molecule has 2 atom stereocenters. The van der Waals surface area contributed by atoms with E-state index in [1.54, 1.807) is 19.9 Å². The highest BCUT2D eigenvalue weighted by Gasteiger charge is 2.21. The van der Waals surface area contributed by atoms with Crippen LogP contribution in [0.25, 0.3) is 6.08 Å². The van der Waals surface area contributed by atoms with Gasteiger partial charge in [0.15, 0.2) is 0 Å². The van der Waals surface area contributed by atoms with E-state index in [2.05, 4.69) is 0 Å². The van der Waals surface area contributed by atoms with E-state index >= 15 is 0 Å². The number of amides is 1. The molecule has 1 amide bonds. The van der Waals surface area contributed by atoms with Crippen molar-refractivity contribution in [3.8, 4) is 5.75 Å². The Morgan fingerprint density at radius 1 is 1.23 bits per heavy atom. The summed E-state index contributed by atoms with van der Waals surface area (Å²) >= 11 is 0. The summed E-state index contributed by atoms with van der Waals surface area (Å²) in [7, 11) is 1.31. The second-order valence-corrected chi connectivity index (χ2v) is 6.24. The lowest BCUT2D eigenvalue weighted by molar-refractivity contribution is -0.146. The van der Waals surface area contributed by atoms with Crippen molar-refractivity contribution in [1.29, 1.82) is 0 Å². The Morgan fingerprint density at radius 2 is 1.92 bits per heavy atom. The Bertz CT molecular complexity index is 612. The van der Waals surface area contributed by atoms with Gasteiger partial charge in [-0.3, -0.25) is 9.59 Å². The molecular weight excluding hydrogens is 334 g/mol. The van der Waals surface area contributed by atoms with Gasteiger partial charge < -0.3 is 19.5 Å². The molecule has 0 heterocycles. The third kappa shape index (κ3) is 7.27. The fraction of sp³-hybridized carbons (Fsp3) is 0.500. The Labute approximate surface area is 155 Å². The minimum absolute atomic E-state index is 0.137. The average molecular weight is 363 g/mol. The Hall–Kier alpha value is -2.34. The summed E-state index contributed by atoms with van der Waals surface area (Å²) in [4.78, 5) is 25.6. The second-order valence-electron chi connectivity index (χ2n) is 6.24. The summed E-state index contributed by atoms with van der Waals surface area (Å²) < 4.78 is 10.4. The molecule has 0 saturated heterocycles. The molecule has 0 spiro atoms. The van der Waals surface area contributed by atoms with Gasteiger partial charge in [0.2, 0.25) is 5.91 Å². The number of aliphatic hydroxyl groups is 1. The molecule has 144 valence electrons. The molecule has 0 aromatic heterocycles. The van der Waals surface area contributed by atoms with Crippen LogP contribution in [0.2, 0.25) is 0 Å². The Balaban J connectivity index is 2.88. The van der Waals surface area contributed by atoms with Crippen LogP contribution < -0.4 is 4.74 Å². The molecule has 1 N–H and O–H groups in total. The average Bonchev–Trinajstić information content (AvgIpc) is 2.63. The van der Waals surface area contributed by atoms with Gasteiger partial charge in [0.05, 0.1) is 25.7 Å². The van der Waals surface area contributed by atoms with E-state index in [9.17, 15) is 14.7 Å². The van der Waals surface area contributed by atoms with E-state index in [4.69, 9.17) is 9.47 Å². The Kier molecular flexibility index (Phi) is 9.44. The quantitative estimate of drug-likeness (QED) is 0.511. The summed E-state index contributed by atoms with van der Waals surface area (Å²) in [5.41, 5.74) is 0.798. The SMILES string of the molecule is CCCOc1ccccc1/C=C/C(=O)N(CC(C)O)CC(C)C(=O)OC. The fourth-order valence-electron chi connectivity index (χ4n) is 2.41. The molecule has 1 aromatic rings. The number of nitrogens with zero attached hydrogens (tertiary/aromatic N) is 1. The zero-order valence-corrected chi connectivity index (χ0v) is 16.0. The highest BCUT2D eigenvalue weighted by atomic mass is 16.5. The van der Waals surface area contributed by atoms with Crippen LogP contribution in [0.15, 0.2) is 30.3 Å². The summed E-state index contributed by atoms with van der Waals surface area (Å²) in [5, 5.41) is 9.65. The highest BCUT2D eigenvalue weighted by Crippen LogP contribution is 2.20. The third-order valence-electron chi connectivity index (χ3n) is 3.68. The van der Waals surface area contributed by atoms with Crippen LogP contribution >= 0.6 is 0 Å². The number of benzene rings is 1. The molecule has 0 aliphatic rings. The van der Waals surface area contributed by atoms with Gasteiger partial charge >= 0.3 is 5.97 Å². The van der Waals surface area contributed by atoms with Gasteiger partial charge in [0.1, 0.15) is 5.75 Å². The van der Waals surface area contributed by atoms with Crippen molar-refractivity contribution in [3.05, 3.63) is 35.9 Å². The van der Waals surface area contributed by atoms with Crippen LogP contribution in [0.4, 0.5) is 0 Å². The van der Waals surface area contributed by atoms with Gasteiger partial charge in [-0.05, 0) is 25.5 Å². The van der Waals surface area contributed by atoms with Crippen LogP contribution in [-0.2, 0) is 14.3 Å². The van der Waals surface area contributed by atoms with E-state index < -0.39 is 18.0 Å². The first-order chi connectivity index (χ1) is 12.4. The van der Waals surface area contributed by atoms with Gasteiger partial charge in [-0.1, -0.05) is 32.0 Å². The zero-order valence-electron chi connectivity index (χ0n) is 16.0. The van der Waals surface area contributed by atoms with Gasteiger partial charge in [-0.2, -0.15) is 0 Å². The van der Waals surface area contributed by atoms with E-state index in [0.29, 0.717) is 12.4 Å². The Morgan fingerprint density at radius 3 is 2.54 bits per heavy atom. The topological polar surface area (TPSA) is 76.1 Å². The minimum Gasteiger partial charge on any atom is -0.493 e. The number of hydrogen-bond donors (Lipinski definition) is 1. The predicted molar refractivity (Wildman–Crippen MR) is 101 cm³/mol. The van der Waals surface area contributed by atoms with Gasteiger partial charge in [-0.25, -0.2) is 0 Å². The number of hydrogen-bond acceptors (Lipinski definition) is 5. The van der Waals surface area contributed by atoms with Crippen LogP contribution in [-0.4, -0.2) is 54.8 Å². The van der Waals surface area contributed by atoms with Gasteiger partial charge in [-0.15, -0.1) is 0 Å². The smallest absolute Gasteiger partial charge is 0.310 e. The van der Waals surface area contributed by atoms with Crippen LogP contribution in [0.3, 0.4) is 0 Å². The predicted octanol–water partition coefficient (Wildman–Crippen LogP) is 2.51. The van der Waals surface area contributed by atoms with Crippen LogP contribution in [0, 0.1) is 5.92 Å². The van der Waals surface area contributed by atoms with Crippen molar-refractivity contribution in [2.75, 3.05) is 26.8 Å². The van der Waals surface area contributed by atoms with Crippen molar-refractivity contribution in [1.82, 2.24) is 4.90 Å². The molecule has 6 heteroatoms. The maximum absolute atomic E-state index is 12.6. The fourth-order valence-corrected chi connectivity index (χ4v) is 2.41. The van der Waals surface area contributed by atoms with Gasteiger partial charge in [0.25, 0.3) is 0 Å². The van der Waals surface area contributed by atoms with Crippen LogP contribution in [0.5, 0.6) is 5.75 Å². The number of methoxy groups -OCH3 is 1. The second kappa shape index (κ2) is 11.3. The van der Waals surface area contributed by atoms with Crippen molar-refractivity contribution < 1.29 is 24.2 Å². The highest BCUT2D eigenvalue weighted by molar-refractivity contribution is 5.92. The number of rotatable bonds is 10. The molecular formula is C20H29NO5. The molecule has 1 rings (SSSR count). The molecule has 0 saturated carbocycles. The summed E-state index contributed by atoms with van der Waals surface area (Å²) in [6.45, 7) is 6.22. The monoisotopic (exact) mass is 363 g/mol. The molecule has 0 radical (unpaired) electrons. The summed E-state index contributed by atoms with van der Waals surface area (Å²) in [6.07, 6.45) is 3.31. The summed E-state index contributed by atoms with van der Waals surface area (Å²) in [5.74, 6) is -0.442. The van der Waals surface area contributed by atoms with Crippen molar-refractivity contribution >= 4 is 18.0 Å². The zero-order chi connectivity index (χ0) is 19.5. The van der Waals surface area contributed by atoms with Crippen LogP contribution in [0.1, 0.15) is 32.8 Å². The molecule has 0 bridgehead atoms. The van der Waals surface area contributed by atoms with Crippen molar-refractivity contribution in [2.24, 2.45) is 5.92 Å². The normalized spacial score (nSPS) is 13.3. The number of esters is 1. The maximum atomic E-state index is 12.6. The maximum Gasteiger partial charge on any atom is 0.310 e. The number of aliphatic hydroxyl groups excluding tert-OH is 1. The van der Waals surface area contributed by atoms with E-state index in [1.807, 2.05) is 31.2 Å². The molecule has 0 aliphatic heterocycles. The van der Waals surface area contributed by atoms with Crippen molar-refractivity contribution in [3.63, 3.8) is 0 Å². The first-order valence-corrected chi connectivity index (χ1v) is 8.83. The van der Waals surface area contributed by atoms with E-state index in [-0.39, 0.29) is 19.0 Å². The molecule has 0 aliphatic carbocycles. The summed E-state index contributed by atoms with van der Waals surface area (Å²) in [6, 6.07) is 7.47. The third-order valence-corrected chi connectivity index (χ3v) is 3.68. The molecule has 2 unspecified atom stereocenters. The molecule has 1 aromatic carbocycles. The van der Waals surface area contributed by atoms with Crippen molar-refractivity contribution in [2.45, 2.75) is 33.3 Å². The molecule has 6 nitrogen and oxygen atoms in total. The number of carbonyl (C=O) groups excluding carboxylic acids is 2. The first-order valence-electron chi connectivity index (χ1n) is 8.83. The molecule has 26 heavy (non-hydrogen) atoms. The van der Waals surface area contributed by atoms with E-state index in [1.165, 1.54) is 18.1 Å². The first kappa shape index (κ1) is 21.7. The largest absolute Gasteiger partial charge is 0.493 e.